The molecule has 144 valence electrons. The van der Waals surface area contributed by atoms with Crippen LogP contribution in [0, 0.1) is 5.92 Å². The molecule has 0 aromatic heterocycles. The lowest BCUT2D eigenvalue weighted by atomic mass is 9.93. The molecular weight excluding hydrogens is 328 g/mol. The standard InChI is InChI=1S/C21H32N2O3/c1-16(20(22)17-7-3-2-4-8-17)21(24)23-12-10-18(11-13-23)26-15-19-9-5-6-14-25-19/h2-4,7-8,16,18-20H,5-6,9-15,22H2,1H3. The van der Waals surface area contributed by atoms with E-state index in [0.717, 1.165) is 44.5 Å². The topological polar surface area (TPSA) is 64.8 Å². The van der Waals surface area contributed by atoms with Crippen LogP contribution in [0.1, 0.15) is 50.6 Å². The van der Waals surface area contributed by atoms with Crippen molar-refractivity contribution in [1.29, 1.82) is 0 Å². The maximum atomic E-state index is 12.8. The highest BCUT2D eigenvalue weighted by Gasteiger charge is 2.30. The number of hydrogen-bond donors (Lipinski definition) is 1. The van der Waals surface area contributed by atoms with E-state index in [0.29, 0.717) is 6.61 Å². The Labute approximate surface area is 156 Å². The van der Waals surface area contributed by atoms with Crippen LogP contribution in [0.15, 0.2) is 30.3 Å². The molecule has 5 heteroatoms. The first-order valence-corrected chi connectivity index (χ1v) is 9.97. The predicted octanol–water partition coefficient (Wildman–Crippen LogP) is 2.90. The zero-order valence-electron chi connectivity index (χ0n) is 15.8. The molecule has 3 rings (SSSR count). The molecule has 26 heavy (non-hydrogen) atoms. The number of nitrogens with zero attached hydrogens (tertiary/aromatic N) is 1. The molecule has 0 spiro atoms. The number of rotatable bonds is 6. The van der Waals surface area contributed by atoms with Crippen molar-refractivity contribution in [2.24, 2.45) is 11.7 Å². The monoisotopic (exact) mass is 360 g/mol. The molecule has 0 saturated carbocycles. The smallest absolute Gasteiger partial charge is 0.227 e. The molecule has 2 heterocycles. The van der Waals surface area contributed by atoms with Gasteiger partial charge in [-0.1, -0.05) is 37.3 Å². The zero-order chi connectivity index (χ0) is 18.4. The summed E-state index contributed by atoms with van der Waals surface area (Å²) in [6.45, 7) is 4.99. The Morgan fingerprint density at radius 1 is 1.23 bits per heavy atom. The predicted molar refractivity (Wildman–Crippen MR) is 102 cm³/mol. The van der Waals surface area contributed by atoms with Crippen molar-refractivity contribution in [3.05, 3.63) is 35.9 Å². The van der Waals surface area contributed by atoms with Gasteiger partial charge in [-0.15, -0.1) is 0 Å². The summed E-state index contributed by atoms with van der Waals surface area (Å²) in [7, 11) is 0. The van der Waals surface area contributed by atoms with Crippen molar-refractivity contribution in [1.82, 2.24) is 4.90 Å². The van der Waals surface area contributed by atoms with E-state index >= 15 is 0 Å². The van der Waals surface area contributed by atoms with E-state index in [1.54, 1.807) is 0 Å². The first-order valence-electron chi connectivity index (χ1n) is 9.97. The first kappa shape index (κ1) is 19.3. The molecule has 1 aromatic rings. The molecule has 0 aliphatic carbocycles. The summed E-state index contributed by atoms with van der Waals surface area (Å²) >= 11 is 0. The van der Waals surface area contributed by atoms with Gasteiger partial charge in [-0.05, 0) is 37.7 Å². The fourth-order valence-electron chi connectivity index (χ4n) is 3.83. The first-order chi connectivity index (χ1) is 12.6. The lowest BCUT2D eigenvalue weighted by Crippen LogP contribution is -2.45. The Kier molecular flexibility index (Phi) is 7.06. The van der Waals surface area contributed by atoms with E-state index in [-0.39, 0.29) is 30.1 Å². The van der Waals surface area contributed by atoms with Crippen LogP contribution in [-0.4, -0.2) is 49.3 Å². The molecule has 1 aromatic carbocycles. The van der Waals surface area contributed by atoms with Crippen molar-refractivity contribution >= 4 is 5.91 Å². The number of amides is 1. The summed E-state index contributed by atoms with van der Waals surface area (Å²) < 4.78 is 11.8. The van der Waals surface area contributed by atoms with Gasteiger partial charge in [0.2, 0.25) is 5.91 Å². The summed E-state index contributed by atoms with van der Waals surface area (Å²) in [6.07, 6.45) is 5.79. The van der Waals surface area contributed by atoms with Crippen LogP contribution in [0.3, 0.4) is 0 Å². The fourth-order valence-corrected chi connectivity index (χ4v) is 3.83. The second kappa shape index (κ2) is 9.49. The maximum Gasteiger partial charge on any atom is 0.227 e. The highest BCUT2D eigenvalue weighted by molar-refractivity contribution is 5.79. The van der Waals surface area contributed by atoms with Crippen LogP contribution in [0.4, 0.5) is 0 Å². The van der Waals surface area contributed by atoms with Gasteiger partial charge in [-0.3, -0.25) is 4.79 Å². The van der Waals surface area contributed by atoms with Gasteiger partial charge in [-0.2, -0.15) is 0 Å². The van der Waals surface area contributed by atoms with Gasteiger partial charge in [-0.25, -0.2) is 0 Å². The van der Waals surface area contributed by atoms with E-state index in [9.17, 15) is 4.79 Å². The van der Waals surface area contributed by atoms with E-state index < -0.39 is 0 Å². The summed E-state index contributed by atoms with van der Waals surface area (Å²) in [5, 5.41) is 0. The largest absolute Gasteiger partial charge is 0.376 e. The highest BCUT2D eigenvalue weighted by atomic mass is 16.5. The van der Waals surface area contributed by atoms with Crippen LogP contribution in [-0.2, 0) is 14.3 Å². The summed E-state index contributed by atoms with van der Waals surface area (Å²) in [6, 6.07) is 9.60. The molecule has 2 aliphatic heterocycles. The van der Waals surface area contributed by atoms with Gasteiger partial charge in [0.15, 0.2) is 0 Å². The average Bonchev–Trinajstić information content (AvgIpc) is 2.72. The number of benzene rings is 1. The van der Waals surface area contributed by atoms with E-state index in [4.69, 9.17) is 15.2 Å². The number of likely N-dealkylation sites (tertiary alicyclic amines) is 1. The summed E-state index contributed by atoms with van der Waals surface area (Å²) in [5.74, 6) is -0.0686. The molecule has 3 unspecified atom stereocenters. The Morgan fingerprint density at radius 3 is 2.62 bits per heavy atom. The SMILES string of the molecule is CC(C(=O)N1CCC(OCC2CCCCO2)CC1)C(N)c1ccccc1. The third-order valence-corrected chi connectivity index (χ3v) is 5.66. The number of hydrogen-bond acceptors (Lipinski definition) is 4. The molecule has 1 amide bonds. The molecule has 2 N–H and O–H groups in total. The van der Waals surface area contributed by atoms with Crippen LogP contribution in [0.5, 0.6) is 0 Å². The van der Waals surface area contributed by atoms with Crippen LogP contribution < -0.4 is 5.73 Å². The molecule has 2 saturated heterocycles. The van der Waals surface area contributed by atoms with Crippen molar-refractivity contribution in [3.63, 3.8) is 0 Å². The second-order valence-corrected chi connectivity index (χ2v) is 7.57. The molecule has 2 aliphatic rings. The van der Waals surface area contributed by atoms with Crippen LogP contribution in [0.2, 0.25) is 0 Å². The number of carbonyl (C=O) groups is 1. The van der Waals surface area contributed by atoms with Gasteiger partial charge in [0.1, 0.15) is 0 Å². The van der Waals surface area contributed by atoms with Gasteiger partial charge < -0.3 is 20.1 Å². The Hall–Kier alpha value is -1.43. The van der Waals surface area contributed by atoms with Gasteiger partial charge in [0, 0.05) is 25.7 Å². The highest BCUT2D eigenvalue weighted by Crippen LogP contribution is 2.24. The maximum absolute atomic E-state index is 12.8. The Balaban J connectivity index is 1.42. The molecule has 5 nitrogen and oxygen atoms in total. The average molecular weight is 360 g/mol. The van der Waals surface area contributed by atoms with Gasteiger partial charge in [0.25, 0.3) is 0 Å². The minimum atomic E-state index is -0.263. The summed E-state index contributed by atoms with van der Waals surface area (Å²) in [4.78, 5) is 14.8. The third kappa shape index (κ3) is 5.06. The van der Waals surface area contributed by atoms with Crippen LogP contribution in [0.25, 0.3) is 0 Å². The van der Waals surface area contributed by atoms with Crippen molar-refractivity contribution < 1.29 is 14.3 Å². The van der Waals surface area contributed by atoms with Gasteiger partial charge >= 0.3 is 0 Å². The van der Waals surface area contributed by atoms with Crippen molar-refractivity contribution in [2.75, 3.05) is 26.3 Å². The number of carbonyl (C=O) groups excluding carboxylic acids is 1. The normalized spacial score (nSPS) is 24.2. The van der Waals surface area contributed by atoms with E-state index in [1.165, 1.54) is 12.8 Å². The lowest BCUT2D eigenvalue weighted by Gasteiger charge is -2.35. The number of nitrogens with two attached hydrogens (primary N) is 1. The zero-order valence-corrected chi connectivity index (χ0v) is 15.8. The minimum Gasteiger partial charge on any atom is -0.376 e. The summed E-state index contributed by atoms with van der Waals surface area (Å²) in [5.41, 5.74) is 7.33. The molecule has 3 atom stereocenters. The molecule has 0 radical (unpaired) electrons. The van der Waals surface area contributed by atoms with Crippen molar-refractivity contribution in [2.45, 2.75) is 57.3 Å². The van der Waals surface area contributed by atoms with E-state index in [2.05, 4.69) is 0 Å². The second-order valence-electron chi connectivity index (χ2n) is 7.57. The fraction of sp³-hybridized carbons (Fsp3) is 0.667. The molecular formula is C21H32N2O3. The lowest BCUT2D eigenvalue weighted by molar-refractivity contribution is -0.139. The molecule has 2 fully saturated rings. The van der Waals surface area contributed by atoms with Crippen molar-refractivity contribution in [3.8, 4) is 0 Å². The number of piperidine rings is 1. The Morgan fingerprint density at radius 2 is 1.96 bits per heavy atom. The van der Waals surface area contributed by atoms with E-state index in [1.807, 2.05) is 42.2 Å². The quantitative estimate of drug-likeness (QED) is 0.847. The van der Waals surface area contributed by atoms with Gasteiger partial charge in [0.05, 0.1) is 24.7 Å². The molecule has 0 bridgehead atoms. The Bertz CT molecular complexity index is 552. The third-order valence-electron chi connectivity index (χ3n) is 5.66. The van der Waals surface area contributed by atoms with Crippen LogP contribution >= 0.6 is 0 Å². The minimum absolute atomic E-state index is 0.149. The number of ether oxygens (including phenoxy) is 2.